The predicted molar refractivity (Wildman–Crippen MR) is 109 cm³/mol. The minimum absolute atomic E-state index is 0.260. The van der Waals surface area contributed by atoms with Crippen LogP contribution in [-0.2, 0) is 9.53 Å². The molecule has 0 aromatic heterocycles. The fourth-order valence-corrected chi connectivity index (χ4v) is 4.36. The van der Waals surface area contributed by atoms with Gasteiger partial charge in [-0.2, -0.15) is 0 Å². The van der Waals surface area contributed by atoms with Crippen molar-refractivity contribution in [2.24, 2.45) is 0 Å². The third-order valence-electron chi connectivity index (χ3n) is 3.70. The fraction of sp³-hybridized carbons (Fsp3) is 0.833. The number of halogens is 2. The van der Waals surface area contributed by atoms with Crippen molar-refractivity contribution >= 4 is 47.3 Å². The van der Waals surface area contributed by atoms with Crippen molar-refractivity contribution in [3.63, 3.8) is 0 Å². The van der Waals surface area contributed by atoms with Gasteiger partial charge in [-0.05, 0) is 13.3 Å². The number of unbranched alkanes of at least 4 members (excludes halogenated alkanes) is 10. The van der Waals surface area contributed by atoms with E-state index in [-0.39, 0.29) is 5.97 Å². The van der Waals surface area contributed by atoms with Gasteiger partial charge >= 0.3 is 5.97 Å². The summed E-state index contributed by atoms with van der Waals surface area (Å²) in [7, 11) is 0.999. The fourth-order valence-electron chi connectivity index (χ4n) is 2.32. The van der Waals surface area contributed by atoms with Gasteiger partial charge in [0.05, 0.1) is 19.5 Å². The summed E-state index contributed by atoms with van der Waals surface area (Å²) < 4.78 is 5.59. The maximum absolute atomic E-state index is 11.2. The number of ether oxygens (including phenoxy) is 1. The molecule has 0 N–H and O–H groups in total. The molecule has 0 aliphatic rings. The largest absolute Gasteiger partial charge is 0.462 e. The molecule has 0 saturated carbocycles. The Hall–Kier alpha value is 0.387. The molecule has 0 aliphatic heterocycles. The van der Waals surface area contributed by atoms with Crippen LogP contribution < -0.4 is 0 Å². The van der Waals surface area contributed by atoms with Crippen molar-refractivity contribution in [3.8, 4) is 0 Å². The second-order valence-corrected chi connectivity index (χ2v) is 12.3. The van der Waals surface area contributed by atoms with Crippen LogP contribution in [0.3, 0.4) is 0 Å². The van der Waals surface area contributed by atoms with Crippen LogP contribution in [0.25, 0.3) is 0 Å². The standard InChI is InChI=1S/C18H32Br2O2Si/c1-16(2)17(21)22-14-12-10-8-6-4-3-5-7-9-11-13-15-23-18(19)20/h18H,1,3-15H2,2H3. The summed E-state index contributed by atoms with van der Waals surface area (Å²) in [6, 6.07) is 1.35. The van der Waals surface area contributed by atoms with Crippen molar-refractivity contribution in [2.45, 2.75) is 87.0 Å². The normalized spacial score (nSPS) is 11.0. The molecule has 2 nitrogen and oxygen atoms in total. The Kier molecular flexibility index (Phi) is 17.5. The quantitative estimate of drug-likeness (QED) is 0.0840. The molecule has 5 heteroatoms. The van der Waals surface area contributed by atoms with E-state index in [4.69, 9.17) is 4.74 Å². The highest BCUT2D eigenvalue weighted by Crippen LogP contribution is 2.14. The zero-order valence-corrected chi connectivity index (χ0v) is 18.7. The molecular weight excluding hydrogens is 436 g/mol. The van der Waals surface area contributed by atoms with Gasteiger partial charge in [-0.15, -0.1) is 0 Å². The molecule has 0 saturated heterocycles. The molecule has 0 rings (SSSR count). The van der Waals surface area contributed by atoms with Crippen LogP contribution in [0.5, 0.6) is 0 Å². The first-order valence-corrected chi connectivity index (χ1v) is 12.0. The molecule has 0 heterocycles. The molecule has 0 aliphatic carbocycles. The zero-order valence-electron chi connectivity index (χ0n) is 14.5. The Balaban J connectivity index is 3.08. The number of rotatable bonds is 16. The molecule has 0 aromatic carbocycles. The van der Waals surface area contributed by atoms with Crippen LogP contribution in [0.2, 0.25) is 6.04 Å². The summed E-state index contributed by atoms with van der Waals surface area (Å²) in [5.74, 6) is -0.260. The molecular formula is C18H32Br2O2Si. The molecule has 0 amide bonds. The van der Waals surface area contributed by atoms with Gasteiger partial charge in [-0.1, -0.05) is 109 Å². The van der Waals surface area contributed by atoms with Crippen molar-refractivity contribution in [3.05, 3.63) is 12.2 Å². The lowest BCUT2D eigenvalue weighted by molar-refractivity contribution is -0.139. The van der Waals surface area contributed by atoms with E-state index in [0.29, 0.717) is 15.5 Å². The van der Waals surface area contributed by atoms with Crippen LogP contribution in [0.4, 0.5) is 0 Å². The summed E-state index contributed by atoms with van der Waals surface area (Å²) >= 11 is 7.06. The van der Waals surface area contributed by atoms with Gasteiger partial charge in [-0.3, -0.25) is 0 Å². The molecule has 0 aromatic rings. The van der Waals surface area contributed by atoms with Gasteiger partial charge in [-0.25, -0.2) is 4.79 Å². The number of hydrogen-bond acceptors (Lipinski definition) is 2. The second kappa shape index (κ2) is 17.2. The van der Waals surface area contributed by atoms with Crippen LogP contribution in [0.1, 0.15) is 77.6 Å². The molecule has 2 radical (unpaired) electrons. The summed E-state index contributed by atoms with van der Waals surface area (Å²) in [5, 5.41) is 0. The predicted octanol–water partition coefficient (Wildman–Crippen LogP) is 6.59. The van der Waals surface area contributed by atoms with Gasteiger partial charge in [0.25, 0.3) is 0 Å². The molecule has 0 atom stereocenters. The molecule has 0 spiro atoms. The number of carbonyl (C=O) groups is 1. The Morgan fingerprint density at radius 1 is 0.913 bits per heavy atom. The van der Waals surface area contributed by atoms with Gasteiger partial charge in [0.2, 0.25) is 0 Å². The Labute approximate surface area is 162 Å². The number of esters is 1. The monoisotopic (exact) mass is 466 g/mol. The smallest absolute Gasteiger partial charge is 0.333 e. The average Bonchev–Trinajstić information content (AvgIpc) is 2.50. The lowest BCUT2D eigenvalue weighted by atomic mass is 10.1. The van der Waals surface area contributed by atoms with Crippen molar-refractivity contribution in [1.29, 1.82) is 0 Å². The molecule has 0 bridgehead atoms. The van der Waals surface area contributed by atoms with Crippen molar-refractivity contribution in [1.82, 2.24) is 0 Å². The SMILES string of the molecule is C=C(C)C(=O)OCCCCCCCCCCCCC[Si]C(Br)Br. The van der Waals surface area contributed by atoms with E-state index in [1.807, 2.05) is 0 Å². The van der Waals surface area contributed by atoms with Crippen molar-refractivity contribution in [2.75, 3.05) is 6.61 Å². The summed E-state index contributed by atoms with van der Waals surface area (Å²) in [5.41, 5.74) is 0.487. The lowest BCUT2D eigenvalue weighted by Crippen LogP contribution is -2.05. The van der Waals surface area contributed by atoms with E-state index in [9.17, 15) is 4.79 Å². The average molecular weight is 468 g/mol. The highest BCUT2D eigenvalue weighted by atomic mass is 79.9. The minimum Gasteiger partial charge on any atom is -0.462 e. The Morgan fingerprint density at radius 2 is 1.35 bits per heavy atom. The highest BCUT2D eigenvalue weighted by molar-refractivity contribution is 9.25. The van der Waals surface area contributed by atoms with Gasteiger partial charge < -0.3 is 4.74 Å². The van der Waals surface area contributed by atoms with Crippen LogP contribution in [-0.4, -0.2) is 25.5 Å². The molecule has 0 fully saturated rings. The van der Waals surface area contributed by atoms with E-state index in [1.54, 1.807) is 6.92 Å². The Bertz CT molecular complexity index is 309. The highest BCUT2D eigenvalue weighted by Gasteiger charge is 2.02. The van der Waals surface area contributed by atoms with Gasteiger partial charge in [0.1, 0.15) is 0 Å². The van der Waals surface area contributed by atoms with E-state index in [0.717, 1.165) is 22.4 Å². The third kappa shape index (κ3) is 18.6. The number of alkyl halides is 2. The minimum atomic E-state index is -0.260. The second-order valence-electron chi connectivity index (χ2n) is 6.06. The summed E-state index contributed by atoms with van der Waals surface area (Å²) in [6.45, 7) is 5.79. The van der Waals surface area contributed by atoms with Crippen LogP contribution in [0.15, 0.2) is 12.2 Å². The molecule has 134 valence electrons. The van der Waals surface area contributed by atoms with E-state index in [2.05, 4.69) is 38.4 Å². The molecule has 0 unspecified atom stereocenters. The maximum Gasteiger partial charge on any atom is 0.333 e. The van der Waals surface area contributed by atoms with E-state index >= 15 is 0 Å². The number of hydrogen-bond donors (Lipinski definition) is 0. The van der Waals surface area contributed by atoms with Crippen LogP contribution in [0, 0.1) is 0 Å². The third-order valence-corrected chi connectivity index (χ3v) is 6.59. The first-order chi connectivity index (χ1) is 11.0. The summed E-state index contributed by atoms with van der Waals surface area (Å²) in [6.07, 6.45) is 14.4. The first kappa shape index (κ1) is 23.4. The maximum atomic E-state index is 11.2. The first-order valence-electron chi connectivity index (χ1n) is 8.88. The number of carbonyl (C=O) groups excluding carboxylic acids is 1. The zero-order chi connectivity index (χ0) is 17.3. The van der Waals surface area contributed by atoms with Gasteiger partial charge in [0.15, 0.2) is 0 Å². The topological polar surface area (TPSA) is 26.3 Å². The molecule has 23 heavy (non-hydrogen) atoms. The summed E-state index contributed by atoms with van der Waals surface area (Å²) in [4.78, 5) is 11.2. The van der Waals surface area contributed by atoms with E-state index in [1.165, 1.54) is 63.8 Å². The van der Waals surface area contributed by atoms with Crippen molar-refractivity contribution < 1.29 is 9.53 Å². The van der Waals surface area contributed by atoms with E-state index < -0.39 is 0 Å². The van der Waals surface area contributed by atoms with Crippen LogP contribution >= 0.6 is 31.9 Å². The Morgan fingerprint density at radius 3 is 1.78 bits per heavy atom. The van der Waals surface area contributed by atoms with Gasteiger partial charge in [0, 0.05) is 5.57 Å². The lowest BCUT2D eigenvalue weighted by Gasteiger charge is -2.05.